The quantitative estimate of drug-likeness (QED) is 0.576. The molecule has 170 valence electrons. The predicted molar refractivity (Wildman–Crippen MR) is 127 cm³/mol. The second-order valence-electron chi connectivity index (χ2n) is 7.46. The summed E-state index contributed by atoms with van der Waals surface area (Å²) in [6.07, 6.45) is 1.68. The van der Waals surface area contributed by atoms with Gasteiger partial charge in [-0.1, -0.05) is 36.4 Å². The van der Waals surface area contributed by atoms with Gasteiger partial charge in [-0.15, -0.1) is 11.8 Å². The van der Waals surface area contributed by atoms with E-state index in [9.17, 15) is 9.59 Å². The van der Waals surface area contributed by atoms with Crippen LogP contribution in [0.4, 0.5) is 0 Å². The highest BCUT2D eigenvalue weighted by Gasteiger charge is 2.42. The molecule has 8 heteroatoms. The first kappa shape index (κ1) is 22.7. The number of hydrogen-bond donors (Lipinski definition) is 1. The second-order valence-corrected chi connectivity index (χ2v) is 8.58. The lowest BCUT2D eigenvalue weighted by atomic mass is 10.1. The number of thioether (sulfide) groups is 1. The van der Waals surface area contributed by atoms with Gasteiger partial charge in [0.2, 0.25) is 5.91 Å². The molecule has 2 heterocycles. The Morgan fingerprint density at radius 3 is 2.36 bits per heavy atom. The molecule has 1 N–H and O–H groups in total. The zero-order valence-corrected chi connectivity index (χ0v) is 19.2. The van der Waals surface area contributed by atoms with Gasteiger partial charge in [-0.05, 0) is 29.8 Å². The normalized spacial score (nSPS) is 17.5. The highest BCUT2D eigenvalue weighted by Crippen LogP contribution is 2.42. The largest absolute Gasteiger partial charge is 0.497 e. The standard InChI is InChI=1S/C25H25N3O4S/c1-31-20-12-18(13-21(14-20)32-2)24(30)28-22(16-33-25(28)17-8-4-3-5-9-17)23(29)27-15-19-10-6-7-11-26-19/h3-14,22,25H,15-16H2,1-2H3,(H,27,29). The first-order chi connectivity index (χ1) is 16.1. The Bertz CT molecular complexity index is 1090. The van der Waals surface area contributed by atoms with Crippen molar-refractivity contribution < 1.29 is 19.1 Å². The van der Waals surface area contributed by atoms with Gasteiger partial charge < -0.3 is 19.7 Å². The van der Waals surface area contributed by atoms with Gasteiger partial charge in [-0.3, -0.25) is 14.6 Å². The number of amides is 2. The lowest BCUT2D eigenvalue weighted by molar-refractivity contribution is -0.125. The molecule has 1 saturated heterocycles. The molecular weight excluding hydrogens is 438 g/mol. The highest BCUT2D eigenvalue weighted by atomic mass is 32.2. The average Bonchev–Trinajstić information content (AvgIpc) is 3.33. The summed E-state index contributed by atoms with van der Waals surface area (Å²) in [7, 11) is 3.07. The zero-order valence-electron chi connectivity index (χ0n) is 18.4. The van der Waals surface area contributed by atoms with Crippen molar-refractivity contribution in [1.82, 2.24) is 15.2 Å². The number of ether oxygens (including phenoxy) is 2. The third-order valence-electron chi connectivity index (χ3n) is 5.39. The Hall–Kier alpha value is -3.52. The number of methoxy groups -OCH3 is 2. The maximum absolute atomic E-state index is 13.8. The molecule has 2 amide bonds. The lowest BCUT2D eigenvalue weighted by Gasteiger charge is -2.29. The molecule has 1 aliphatic heterocycles. The fourth-order valence-corrected chi connectivity index (χ4v) is 5.14. The number of pyridine rings is 1. The van der Waals surface area contributed by atoms with Crippen molar-refractivity contribution in [3.63, 3.8) is 0 Å². The SMILES string of the molecule is COc1cc(OC)cc(C(=O)N2C(C(=O)NCc3ccccn3)CSC2c2ccccc2)c1. The van der Waals surface area contributed by atoms with Gasteiger partial charge >= 0.3 is 0 Å². The van der Waals surface area contributed by atoms with Crippen molar-refractivity contribution in [3.8, 4) is 11.5 Å². The summed E-state index contributed by atoms with van der Waals surface area (Å²) in [6.45, 7) is 0.297. The van der Waals surface area contributed by atoms with Gasteiger partial charge in [0.1, 0.15) is 22.9 Å². The molecule has 4 rings (SSSR count). The molecular formula is C25H25N3O4S. The molecule has 0 bridgehead atoms. The third kappa shape index (κ3) is 5.12. The van der Waals surface area contributed by atoms with Gasteiger partial charge in [0.25, 0.3) is 5.91 Å². The molecule has 3 aromatic rings. The van der Waals surface area contributed by atoms with Gasteiger partial charge in [0.05, 0.1) is 26.5 Å². The Balaban J connectivity index is 1.64. The van der Waals surface area contributed by atoms with Crippen LogP contribution in [0.15, 0.2) is 72.9 Å². The smallest absolute Gasteiger partial charge is 0.256 e. The minimum atomic E-state index is -0.631. The summed E-state index contributed by atoms with van der Waals surface area (Å²) in [5, 5.41) is 2.65. The van der Waals surface area contributed by atoms with Crippen molar-refractivity contribution in [1.29, 1.82) is 0 Å². The Morgan fingerprint density at radius 2 is 1.73 bits per heavy atom. The predicted octanol–water partition coefficient (Wildman–Crippen LogP) is 3.67. The number of hydrogen-bond acceptors (Lipinski definition) is 6. The monoisotopic (exact) mass is 463 g/mol. The average molecular weight is 464 g/mol. The Kier molecular flexibility index (Phi) is 7.14. The van der Waals surface area contributed by atoms with Crippen LogP contribution in [0.25, 0.3) is 0 Å². The van der Waals surface area contributed by atoms with Gasteiger partial charge in [0, 0.05) is 23.6 Å². The van der Waals surface area contributed by atoms with E-state index in [1.807, 2.05) is 48.5 Å². The van der Waals surface area contributed by atoms with E-state index < -0.39 is 6.04 Å². The maximum atomic E-state index is 13.8. The van der Waals surface area contributed by atoms with Crippen molar-refractivity contribution in [2.24, 2.45) is 0 Å². The molecule has 7 nitrogen and oxygen atoms in total. The number of aromatic nitrogens is 1. The van der Waals surface area contributed by atoms with Crippen molar-refractivity contribution >= 4 is 23.6 Å². The van der Waals surface area contributed by atoms with E-state index in [-0.39, 0.29) is 17.2 Å². The summed E-state index contributed by atoms with van der Waals surface area (Å²) < 4.78 is 10.7. The molecule has 1 fully saturated rings. The van der Waals surface area contributed by atoms with E-state index >= 15 is 0 Å². The van der Waals surface area contributed by atoms with E-state index in [2.05, 4.69) is 10.3 Å². The fraction of sp³-hybridized carbons (Fsp3) is 0.240. The van der Waals surface area contributed by atoms with Gasteiger partial charge in [-0.25, -0.2) is 0 Å². The van der Waals surface area contributed by atoms with Crippen molar-refractivity contribution in [3.05, 3.63) is 89.7 Å². The minimum absolute atomic E-state index is 0.213. The van der Waals surface area contributed by atoms with Crippen molar-refractivity contribution in [2.45, 2.75) is 18.0 Å². The van der Waals surface area contributed by atoms with E-state index in [4.69, 9.17) is 9.47 Å². The summed E-state index contributed by atoms with van der Waals surface area (Å²) in [5.74, 6) is 1.04. The first-order valence-electron chi connectivity index (χ1n) is 10.5. The number of nitrogens with one attached hydrogen (secondary N) is 1. The van der Waals surface area contributed by atoms with Crippen molar-refractivity contribution in [2.75, 3.05) is 20.0 Å². The lowest BCUT2D eigenvalue weighted by Crippen LogP contribution is -2.47. The Morgan fingerprint density at radius 1 is 1.03 bits per heavy atom. The summed E-state index contributed by atoms with van der Waals surface area (Å²) in [6, 6.07) is 19.7. The van der Waals surface area contributed by atoms with Crippen LogP contribution < -0.4 is 14.8 Å². The van der Waals surface area contributed by atoms with Crippen LogP contribution in [-0.4, -0.2) is 47.7 Å². The number of carbonyl (C=O) groups excluding carboxylic acids is 2. The highest BCUT2D eigenvalue weighted by molar-refractivity contribution is 7.99. The molecule has 0 radical (unpaired) electrons. The van der Waals surface area contributed by atoms with Gasteiger partial charge in [0.15, 0.2) is 0 Å². The van der Waals surface area contributed by atoms with Crippen LogP contribution in [-0.2, 0) is 11.3 Å². The molecule has 33 heavy (non-hydrogen) atoms. The van der Waals surface area contributed by atoms with E-state index in [1.54, 1.807) is 41.1 Å². The maximum Gasteiger partial charge on any atom is 0.256 e. The first-order valence-corrected chi connectivity index (χ1v) is 11.6. The minimum Gasteiger partial charge on any atom is -0.497 e. The molecule has 2 unspecified atom stereocenters. The summed E-state index contributed by atoms with van der Waals surface area (Å²) in [5.41, 5.74) is 2.12. The molecule has 2 aromatic carbocycles. The zero-order chi connectivity index (χ0) is 23.2. The van der Waals surface area contributed by atoms with E-state index in [0.717, 1.165) is 11.3 Å². The van der Waals surface area contributed by atoms with E-state index in [0.29, 0.717) is 29.4 Å². The summed E-state index contributed by atoms with van der Waals surface area (Å²) >= 11 is 1.57. The molecule has 1 aromatic heterocycles. The fourth-order valence-electron chi connectivity index (χ4n) is 3.71. The number of rotatable bonds is 7. The molecule has 1 aliphatic rings. The molecule has 0 spiro atoms. The molecule has 2 atom stereocenters. The van der Waals surface area contributed by atoms with Crippen LogP contribution >= 0.6 is 11.8 Å². The second kappa shape index (κ2) is 10.4. The van der Waals surface area contributed by atoms with Crippen LogP contribution in [0.2, 0.25) is 0 Å². The topological polar surface area (TPSA) is 80.8 Å². The van der Waals surface area contributed by atoms with Crippen LogP contribution in [0.1, 0.15) is 27.0 Å². The Labute approximate surface area is 197 Å². The molecule has 0 saturated carbocycles. The van der Waals surface area contributed by atoms with E-state index in [1.165, 1.54) is 14.2 Å². The number of benzene rings is 2. The number of nitrogens with zero attached hydrogens (tertiary/aromatic N) is 2. The van der Waals surface area contributed by atoms with Gasteiger partial charge in [-0.2, -0.15) is 0 Å². The van der Waals surface area contributed by atoms with Crippen LogP contribution in [0, 0.1) is 0 Å². The van der Waals surface area contributed by atoms with Crippen LogP contribution in [0.3, 0.4) is 0 Å². The summed E-state index contributed by atoms with van der Waals surface area (Å²) in [4.78, 5) is 32.9. The number of carbonyl (C=O) groups is 2. The molecule has 0 aliphatic carbocycles. The van der Waals surface area contributed by atoms with Crippen LogP contribution in [0.5, 0.6) is 11.5 Å². The third-order valence-corrected chi connectivity index (χ3v) is 6.71.